The average Bonchev–Trinajstić information content (AvgIpc) is 1.81. The van der Waals surface area contributed by atoms with Crippen LogP contribution in [-0.2, 0) is 0 Å². The molecule has 4 heteroatoms. The SMILES string of the molecule is Br.CCCN(C(=O)Cl)C(C)C. The van der Waals surface area contributed by atoms with Gasteiger partial charge in [-0.3, -0.25) is 4.79 Å². The van der Waals surface area contributed by atoms with E-state index in [-0.39, 0.29) is 28.4 Å². The van der Waals surface area contributed by atoms with Crippen LogP contribution in [0.4, 0.5) is 4.79 Å². The Balaban J connectivity index is 0. The second-order valence-electron chi connectivity index (χ2n) is 2.54. The number of amides is 1. The number of rotatable bonds is 3. The van der Waals surface area contributed by atoms with Crippen molar-refractivity contribution in [2.75, 3.05) is 6.54 Å². The van der Waals surface area contributed by atoms with Gasteiger partial charge in [0.25, 0.3) is 0 Å². The van der Waals surface area contributed by atoms with E-state index in [1.807, 2.05) is 20.8 Å². The van der Waals surface area contributed by atoms with Gasteiger partial charge in [-0.15, -0.1) is 17.0 Å². The molecule has 0 atom stereocenters. The minimum Gasteiger partial charge on any atom is -0.327 e. The van der Waals surface area contributed by atoms with Crippen molar-refractivity contribution in [1.29, 1.82) is 0 Å². The molecule has 0 radical (unpaired) electrons. The first-order valence-electron chi connectivity index (χ1n) is 3.55. The van der Waals surface area contributed by atoms with E-state index in [1.165, 1.54) is 0 Å². The lowest BCUT2D eigenvalue weighted by molar-refractivity contribution is 0.207. The van der Waals surface area contributed by atoms with E-state index in [0.717, 1.165) is 13.0 Å². The van der Waals surface area contributed by atoms with Gasteiger partial charge in [-0.2, -0.15) is 0 Å². The molecule has 0 heterocycles. The summed E-state index contributed by atoms with van der Waals surface area (Å²) in [6, 6.07) is 0.213. The molecule has 0 saturated carbocycles. The molecule has 0 rings (SSSR count). The third-order valence-electron chi connectivity index (χ3n) is 1.31. The van der Waals surface area contributed by atoms with Gasteiger partial charge in [-0.25, -0.2) is 0 Å². The first kappa shape index (κ1) is 13.8. The van der Waals surface area contributed by atoms with E-state index in [9.17, 15) is 4.79 Å². The molecule has 0 bridgehead atoms. The maximum absolute atomic E-state index is 10.7. The predicted molar refractivity (Wildman–Crippen MR) is 53.7 cm³/mol. The van der Waals surface area contributed by atoms with Crippen molar-refractivity contribution in [1.82, 2.24) is 4.90 Å². The van der Waals surface area contributed by atoms with Crippen LogP contribution in [0.2, 0.25) is 0 Å². The van der Waals surface area contributed by atoms with Crippen molar-refractivity contribution in [3.8, 4) is 0 Å². The van der Waals surface area contributed by atoms with Gasteiger partial charge in [0.2, 0.25) is 0 Å². The second kappa shape index (κ2) is 6.92. The molecular formula is C7H15BrClNO. The topological polar surface area (TPSA) is 20.3 Å². The lowest BCUT2D eigenvalue weighted by Gasteiger charge is -2.22. The fourth-order valence-electron chi connectivity index (χ4n) is 0.790. The van der Waals surface area contributed by atoms with Gasteiger partial charge in [0, 0.05) is 12.6 Å². The van der Waals surface area contributed by atoms with E-state index < -0.39 is 0 Å². The molecule has 0 spiro atoms. The second-order valence-corrected chi connectivity index (χ2v) is 2.86. The van der Waals surface area contributed by atoms with Gasteiger partial charge >= 0.3 is 5.37 Å². The monoisotopic (exact) mass is 243 g/mol. The Morgan fingerprint density at radius 3 is 2.09 bits per heavy atom. The molecule has 11 heavy (non-hydrogen) atoms. The maximum atomic E-state index is 10.7. The maximum Gasteiger partial charge on any atom is 0.316 e. The number of hydrogen-bond acceptors (Lipinski definition) is 1. The molecule has 0 aromatic carbocycles. The van der Waals surface area contributed by atoms with Crippen molar-refractivity contribution >= 4 is 33.9 Å². The zero-order valence-corrected chi connectivity index (χ0v) is 9.60. The summed E-state index contributed by atoms with van der Waals surface area (Å²) in [7, 11) is 0. The number of halogens is 2. The van der Waals surface area contributed by atoms with Crippen LogP contribution in [-0.4, -0.2) is 22.9 Å². The summed E-state index contributed by atoms with van der Waals surface area (Å²) in [4.78, 5) is 12.3. The zero-order valence-electron chi connectivity index (χ0n) is 7.13. The summed E-state index contributed by atoms with van der Waals surface area (Å²) < 4.78 is 0. The zero-order chi connectivity index (χ0) is 8.15. The smallest absolute Gasteiger partial charge is 0.316 e. The van der Waals surface area contributed by atoms with E-state index in [0.29, 0.717) is 0 Å². The van der Waals surface area contributed by atoms with Gasteiger partial charge in [0.15, 0.2) is 0 Å². The molecule has 2 nitrogen and oxygen atoms in total. The Kier molecular flexibility index (Phi) is 8.68. The summed E-state index contributed by atoms with van der Waals surface area (Å²) in [5.41, 5.74) is 0. The van der Waals surface area contributed by atoms with Crippen LogP contribution in [0, 0.1) is 0 Å². The molecule has 0 aliphatic carbocycles. The van der Waals surface area contributed by atoms with Crippen LogP contribution in [0.1, 0.15) is 27.2 Å². The molecule has 0 unspecified atom stereocenters. The highest BCUT2D eigenvalue weighted by atomic mass is 79.9. The summed E-state index contributed by atoms with van der Waals surface area (Å²) >= 11 is 5.30. The number of hydrogen-bond donors (Lipinski definition) is 0. The van der Waals surface area contributed by atoms with Crippen LogP contribution in [0.5, 0.6) is 0 Å². The largest absolute Gasteiger partial charge is 0.327 e. The third-order valence-corrected chi connectivity index (χ3v) is 1.53. The van der Waals surface area contributed by atoms with Crippen molar-refractivity contribution in [3.05, 3.63) is 0 Å². The van der Waals surface area contributed by atoms with Crippen molar-refractivity contribution in [2.24, 2.45) is 0 Å². The third kappa shape index (κ3) is 5.50. The van der Waals surface area contributed by atoms with Crippen molar-refractivity contribution in [3.63, 3.8) is 0 Å². The first-order chi connectivity index (χ1) is 4.59. The molecule has 0 aromatic heterocycles. The van der Waals surface area contributed by atoms with Gasteiger partial charge in [-0.1, -0.05) is 6.92 Å². The van der Waals surface area contributed by atoms with Gasteiger partial charge in [0.05, 0.1) is 0 Å². The van der Waals surface area contributed by atoms with E-state index in [1.54, 1.807) is 4.90 Å². The van der Waals surface area contributed by atoms with Crippen LogP contribution in [0.15, 0.2) is 0 Å². The molecule has 0 N–H and O–H groups in total. The number of carbonyl (C=O) groups excluding carboxylic acids is 1. The van der Waals surface area contributed by atoms with Gasteiger partial charge in [-0.05, 0) is 31.9 Å². The minimum absolute atomic E-state index is 0. The highest BCUT2D eigenvalue weighted by Crippen LogP contribution is 2.03. The minimum atomic E-state index is -0.350. The average molecular weight is 245 g/mol. The Hall–Kier alpha value is 0.240. The number of nitrogens with zero attached hydrogens (tertiary/aromatic N) is 1. The Bertz CT molecular complexity index is 119. The Labute approximate surface area is 83.7 Å². The number of carbonyl (C=O) groups is 1. The molecular weight excluding hydrogens is 229 g/mol. The van der Waals surface area contributed by atoms with E-state index >= 15 is 0 Å². The first-order valence-corrected chi connectivity index (χ1v) is 3.93. The normalized spacial score (nSPS) is 9.18. The Morgan fingerprint density at radius 1 is 1.55 bits per heavy atom. The van der Waals surface area contributed by atoms with E-state index in [4.69, 9.17) is 11.6 Å². The molecule has 0 fully saturated rings. The van der Waals surface area contributed by atoms with Crippen LogP contribution in [0.3, 0.4) is 0 Å². The molecule has 1 amide bonds. The van der Waals surface area contributed by atoms with Gasteiger partial charge in [0.1, 0.15) is 0 Å². The van der Waals surface area contributed by atoms with Crippen molar-refractivity contribution < 1.29 is 4.79 Å². The fourth-order valence-corrected chi connectivity index (χ4v) is 1.07. The quantitative estimate of drug-likeness (QED) is 0.552. The molecule has 68 valence electrons. The lowest BCUT2D eigenvalue weighted by atomic mass is 10.3. The van der Waals surface area contributed by atoms with Crippen molar-refractivity contribution in [2.45, 2.75) is 33.2 Å². The van der Waals surface area contributed by atoms with Crippen LogP contribution in [0.25, 0.3) is 0 Å². The summed E-state index contributed by atoms with van der Waals surface area (Å²) in [6.07, 6.45) is 0.955. The molecule has 0 aliphatic rings. The van der Waals surface area contributed by atoms with Crippen LogP contribution < -0.4 is 0 Å². The predicted octanol–water partition coefficient (Wildman–Crippen LogP) is 3.04. The van der Waals surface area contributed by atoms with Gasteiger partial charge < -0.3 is 4.90 Å². The van der Waals surface area contributed by atoms with E-state index in [2.05, 4.69) is 0 Å². The van der Waals surface area contributed by atoms with Crippen LogP contribution >= 0.6 is 28.6 Å². The fraction of sp³-hybridized carbons (Fsp3) is 0.857. The standard InChI is InChI=1S/C7H14ClNO.BrH/c1-4-5-9(6(2)3)7(8)10;/h6H,4-5H2,1-3H3;1H. The summed E-state index contributed by atoms with van der Waals surface area (Å²) in [5, 5.41) is -0.350. The highest BCUT2D eigenvalue weighted by Gasteiger charge is 2.11. The highest BCUT2D eigenvalue weighted by molar-refractivity contribution is 8.93. The molecule has 0 aliphatic heterocycles. The Morgan fingerprint density at radius 2 is 2.00 bits per heavy atom. The molecule has 0 saturated heterocycles. The summed E-state index contributed by atoms with van der Waals surface area (Å²) in [5.74, 6) is 0. The summed E-state index contributed by atoms with van der Waals surface area (Å²) in [6.45, 7) is 6.68. The lowest BCUT2D eigenvalue weighted by Crippen LogP contribution is -2.33. The molecule has 0 aromatic rings.